The maximum atomic E-state index is 13.5. The Morgan fingerprint density at radius 1 is 1.16 bits per heavy atom. The number of halogens is 3. The molecule has 1 aromatic heterocycles. The topological polar surface area (TPSA) is 99.6 Å². The molecule has 1 aromatic carbocycles. The minimum absolute atomic E-state index is 0. The number of alkyl halides is 3. The van der Waals surface area contributed by atoms with Crippen LogP contribution in [0.4, 0.5) is 29.3 Å². The summed E-state index contributed by atoms with van der Waals surface area (Å²) in [5.41, 5.74) is 5.40. The molecule has 2 amide bonds. The molecule has 3 aliphatic rings. The second-order valence-electron chi connectivity index (χ2n) is 9.76. The first kappa shape index (κ1) is 28.2. The third-order valence-corrected chi connectivity index (χ3v) is 8.59. The molecule has 1 aliphatic heterocycles. The summed E-state index contributed by atoms with van der Waals surface area (Å²) >= 11 is 0. The number of benzene rings is 1. The smallest absolute Gasteiger partial charge is 0.307 e. The van der Waals surface area contributed by atoms with Gasteiger partial charge in [-0.05, 0) is 67.2 Å². The quantitative estimate of drug-likeness (QED) is 0.540. The summed E-state index contributed by atoms with van der Waals surface area (Å²) < 4.78 is 70.2. The van der Waals surface area contributed by atoms with Gasteiger partial charge in [-0.3, -0.25) is 9.58 Å². The van der Waals surface area contributed by atoms with Crippen molar-refractivity contribution in [1.29, 1.82) is 0 Å². The Morgan fingerprint density at radius 3 is 2.38 bits per heavy atom. The van der Waals surface area contributed by atoms with Gasteiger partial charge in [-0.2, -0.15) is 26.7 Å². The number of carbonyl (C=O) groups is 1. The van der Waals surface area contributed by atoms with Crippen LogP contribution in [0.3, 0.4) is 0 Å². The van der Waals surface area contributed by atoms with Gasteiger partial charge >= 0.3 is 22.4 Å². The van der Waals surface area contributed by atoms with Gasteiger partial charge in [-0.25, -0.2) is 13.8 Å². The predicted molar refractivity (Wildman–Crippen MR) is 134 cm³/mol. The zero-order valence-corrected chi connectivity index (χ0v) is 23.8. The first-order valence-electron chi connectivity index (χ1n) is 12.1. The van der Waals surface area contributed by atoms with E-state index < -0.39 is 35.0 Å². The van der Waals surface area contributed by atoms with Crippen LogP contribution in [0.15, 0.2) is 18.5 Å². The van der Waals surface area contributed by atoms with Gasteiger partial charge in [0.05, 0.1) is 24.5 Å². The van der Waals surface area contributed by atoms with Gasteiger partial charge in [0.15, 0.2) is 0 Å². The van der Waals surface area contributed by atoms with Crippen LogP contribution >= 0.6 is 0 Å². The Labute approximate surface area is 236 Å². The number of hydrogen-bond acceptors (Lipinski definition) is 5. The number of amides is 2. The van der Waals surface area contributed by atoms with Crippen LogP contribution in [0, 0.1) is 0 Å². The van der Waals surface area contributed by atoms with Crippen molar-refractivity contribution in [2.24, 2.45) is 7.05 Å². The number of urea groups is 1. The van der Waals surface area contributed by atoms with Crippen LogP contribution in [0.25, 0.3) is 0 Å². The molecule has 1 saturated heterocycles. The average Bonchev–Trinajstić information content (AvgIpc) is 3.54. The maximum Gasteiger partial charge on any atom is 0.401 e. The minimum Gasteiger partial charge on any atom is -0.307 e. The van der Waals surface area contributed by atoms with Crippen LogP contribution in [0.2, 0.25) is 0 Å². The van der Waals surface area contributed by atoms with E-state index in [0.717, 1.165) is 54.0 Å². The number of fused-ring (bicyclic) bond motifs is 2. The minimum atomic E-state index is -4.45. The average molecular weight is 550 g/mol. The first-order valence-corrected chi connectivity index (χ1v) is 13.5. The Bertz CT molecular complexity index is 1250. The van der Waals surface area contributed by atoms with E-state index in [1.165, 1.54) is 33.1 Å². The van der Waals surface area contributed by atoms with Crippen molar-refractivity contribution in [3.63, 3.8) is 0 Å². The van der Waals surface area contributed by atoms with Crippen LogP contribution < -0.4 is 14.3 Å². The van der Waals surface area contributed by atoms with Crippen LogP contribution in [0.5, 0.6) is 0 Å². The molecule has 37 heavy (non-hydrogen) atoms. The number of aryl methyl sites for hydroxylation is 3. The molecule has 0 saturated carbocycles. The Kier molecular flexibility index (Phi) is 8.20. The second-order valence-corrected chi connectivity index (χ2v) is 11.3. The van der Waals surface area contributed by atoms with Gasteiger partial charge in [0.2, 0.25) is 0 Å². The molecule has 2 heterocycles. The van der Waals surface area contributed by atoms with Crippen molar-refractivity contribution < 1.29 is 26.4 Å². The third-order valence-electron chi connectivity index (χ3n) is 7.12. The van der Waals surface area contributed by atoms with E-state index in [2.05, 4.69) is 21.2 Å². The van der Waals surface area contributed by atoms with Gasteiger partial charge in [-0.1, -0.05) is 6.07 Å². The molecule has 2 N–H and O–H groups in total. The van der Waals surface area contributed by atoms with Crippen molar-refractivity contribution in [3.05, 3.63) is 40.7 Å². The van der Waals surface area contributed by atoms with E-state index in [9.17, 15) is 26.4 Å². The van der Waals surface area contributed by atoms with Crippen LogP contribution in [-0.2, 0) is 42.9 Å². The molecule has 5 rings (SSSR count). The Balaban J connectivity index is 0.00000320. The molecule has 9 nitrogen and oxygen atoms in total. The number of rotatable bonds is 6. The van der Waals surface area contributed by atoms with Crippen LogP contribution in [-0.4, -0.2) is 90.5 Å². The predicted octanol–water partition coefficient (Wildman–Crippen LogP) is 2.53. The van der Waals surface area contributed by atoms with Gasteiger partial charge in [0, 0.05) is 61.6 Å². The van der Waals surface area contributed by atoms with E-state index in [-0.39, 0.29) is 54.8 Å². The van der Waals surface area contributed by atoms with Crippen molar-refractivity contribution in [1.82, 2.24) is 19.4 Å². The molecule has 14 heteroatoms. The molecular formula is C23H29F3N6NaO3S. The maximum absolute atomic E-state index is 13.5. The molecule has 0 spiro atoms. The summed E-state index contributed by atoms with van der Waals surface area (Å²) in [7, 11) is -2.84. The monoisotopic (exact) mass is 549 g/mol. The number of hydrogen-bond donors (Lipinski definition) is 2. The van der Waals surface area contributed by atoms with Gasteiger partial charge in [0.25, 0.3) is 0 Å². The van der Waals surface area contributed by atoms with E-state index in [4.69, 9.17) is 0 Å². The summed E-state index contributed by atoms with van der Waals surface area (Å²) in [6.45, 7) is -1.15. The molecule has 1 radical (unpaired) electrons. The second kappa shape index (κ2) is 10.8. The largest absolute Gasteiger partial charge is 0.401 e. The van der Waals surface area contributed by atoms with Gasteiger partial charge in [0.1, 0.15) is 0 Å². The molecular weight excluding hydrogens is 520 g/mol. The van der Waals surface area contributed by atoms with E-state index in [1.54, 1.807) is 7.05 Å². The molecule has 2 aromatic rings. The van der Waals surface area contributed by atoms with E-state index in [1.807, 2.05) is 0 Å². The normalized spacial score (nSPS) is 19.3. The number of aromatic nitrogens is 2. The van der Waals surface area contributed by atoms with Gasteiger partial charge < -0.3 is 5.32 Å². The standard InChI is InChI=1S/C23H29F3N6O3S.Na/c1-30-12-18(11-27-30)32(17-8-9-31(13-17)14-23(24,25)26)36(34,35)29-22(33)28-21-19-6-2-4-15(19)10-16-5-3-7-20(16)21;/h10-12,17H,2-9,13-14H2,1H3,(H2,28,29,33);. The third kappa shape index (κ3) is 6.11. The number of nitrogens with zero attached hydrogens (tertiary/aromatic N) is 4. The van der Waals surface area contributed by atoms with Crippen molar-refractivity contribution in [3.8, 4) is 0 Å². The fourth-order valence-corrected chi connectivity index (χ4v) is 7.06. The summed E-state index contributed by atoms with van der Waals surface area (Å²) in [6, 6.07) is 0.539. The zero-order valence-electron chi connectivity index (χ0n) is 20.9. The molecule has 1 unspecified atom stereocenters. The summed E-state index contributed by atoms with van der Waals surface area (Å²) in [4.78, 5) is 14.2. The fraction of sp³-hybridized carbons (Fsp3) is 0.565. The number of carbonyl (C=O) groups excluding carboxylic acids is 1. The van der Waals surface area contributed by atoms with Crippen LogP contribution in [0.1, 0.15) is 41.5 Å². The fourth-order valence-electron chi connectivity index (χ4n) is 5.74. The SMILES string of the molecule is Cn1cc(N(C2CCN(CC(F)(F)F)C2)S(=O)(=O)NC(=O)Nc2c3c(cc4c2CCC4)CCC3)cn1.[Na]. The van der Waals surface area contributed by atoms with E-state index in [0.29, 0.717) is 5.69 Å². The molecule has 1 atom stereocenters. The van der Waals surface area contributed by atoms with Crippen molar-refractivity contribution >= 4 is 57.2 Å². The number of nitrogens with one attached hydrogen (secondary N) is 2. The van der Waals surface area contributed by atoms with Gasteiger partial charge in [-0.15, -0.1) is 0 Å². The number of likely N-dealkylation sites (tertiary alicyclic amines) is 1. The Morgan fingerprint density at radius 2 is 1.81 bits per heavy atom. The summed E-state index contributed by atoms with van der Waals surface area (Å²) in [5.74, 6) is 0. The van der Waals surface area contributed by atoms with Crippen molar-refractivity contribution in [2.45, 2.75) is 57.2 Å². The molecule has 0 bridgehead atoms. The summed E-state index contributed by atoms with van der Waals surface area (Å²) in [5, 5.41) is 6.82. The summed E-state index contributed by atoms with van der Waals surface area (Å²) in [6.07, 6.45) is 4.06. The molecule has 2 aliphatic carbocycles. The van der Waals surface area contributed by atoms with Crippen molar-refractivity contribution in [2.75, 3.05) is 29.3 Å². The zero-order chi connectivity index (χ0) is 25.7. The number of anilines is 2. The first-order chi connectivity index (χ1) is 17.0. The Hall–Kier alpha value is -1.80. The molecule has 1 fully saturated rings. The van der Waals surface area contributed by atoms with E-state index >= 15 is 0 Å². The molecule has 197 valence electrons.